The summed E-state index contributed by atoms with van der Waals surface area (Å²) in [6, 6.07) is 16.2. The average Bonchev–Trinajstić information content (AvgIpc) is 3.32. The van der Waals surface area contributed by atoms with Crippen LogP contribution in [0.2, 0.25) is 0 Å². The Morgan fingerprint density at radius 2 is 1.60 bits per heavy atom. The van der Waals surface area contributed by atoms with Crippen LogP contribution in [0.5, 0.6) is 5.88 Å². The zero-order valence-corrected chi connectivity index (χ0v) is 23.3. The number of ether oxygens (including phenoxy) is 2. The summed E-state index contributed by atoms with van der Waals surface area (Å²) < 4.78 is 42.4. The fourth-order valence-electron chi connectivity index (χ4n) is 4.66. The van der Waals surface area contributed by atoms with E-state index in [2.05, 4.69) is 9.97 Å². The molecule has 0 bridgehead atoms. The monoisotopic (exact) mass is 587 g/mol. The van der Waals surface area contributed by atoms with Gasteiger partial charge in [-0.25, -0.2) is 28.3 Å². The second-order valence-electron chi connectivity index (χ2n) is 9.93. The molecule has 220 valence electrons. The summed E-state index contributed by atoms with van der Waals surface area (Å²) >= 11 is 0. The van der Waals surface area contributed by atoms with Gasteiger partial charge in [-0.15, -0.1) is 0 Å². The van der Waals surface area contributed by atoms with Crippen LogP contribution in [0, 0.1) is 18.6 Å². The molecule has 2 aromatic heterocycles. The quantitative estimate of drug-likeness (QED) is 0.196. The minimum Gasteiger partial charge on any atom is -0.478 e. The molecule has 0 saturated heterocycles. The van der Waals surface area contributed by atoms with Gasteiger partial charge in [0.15, 0.2) is 0 Å². The molecule has 5 aromatic rings. The van der Waals surface area contributed by atoms with Crippen molar-refractivity contribution in [3.8, 4) is 17.1 Å². The number of hydrogen-bond acceptors (Lipinski definition) is 6. The molecule has 43 heavy (non-hydrogen) atoms. The number of aryl methyl sites for hydroxylation is 1. The number of nitrogens with zero attached hydrogens (tertiary/aromatic N) is 3. The molecule has 0 amide bonds. The van der Waals surface area contributed by atoms with Crippen LogP contribution in [0.4, 0.5) is 8.78 Å². The Morgan fingerprint density at radius 3 is 2.30 bits per heavy atom. The number of aromatic nitrogens is 3. The lowest BCUT2D eigenvalue weighted by Crippen LogP contribution is -2.10. The maximum Gasteiger partial charge on any atom is 0.335 e. The van der Waals surface area contributed by atoms with Gasteiger partial charge in [0.2, 0.25) is 5.88 Å². The lowest BCUT2D eigenvalue weighted by molar-refractivity contribution is 0.0686. The first-order valence-electron chi connectivity index (χ1n) is 13.3. The Bertz CT molecular complexity index is 1850. The highest BCUT2D eigenvalue weighted by molar-refractivity contribution is 5.92. The van der Waals surface area contributed by atoms with E-state index in [-0.39, 0.29) is 41.3 Å². The van der Waals surface area contributed by atoms with Crippen molar-refractivity contribution in [3.05, 3.63) is 112 Å². The predicted octanol–water partition coefficient (Wildman–Crippen LogP) is 5.90. The third-order valence-corrected chi connectivity index (χ3v) is 6.92. The van der Waals surface area contributed by atoms with Gasteiger partial charge in [-0.3, -0.25) is 0 Å². The number of methoxy groups -OCH3 is 1. The summed E-state index contributed by atoms with van der Waals surface area (Å²) in [6.07, 6.45) is 0.103. The molecule has 2 heterocycles. The van der Waals surface area contributed by atoms with Gasteiger partial charge < -0.3 is 24.3 Å². The Labute approximate surface area is 245 Å². The number of benzene rings is 3. The molecule has 0 spiro atoms. The molecule has 0 radical (unpaired) electrons. The van der Waals surface area contributed by atoms with E-state index in [9.17, 15) is 24.2 Å². The fraction of sp³-hybridized carbons (Fsp3) is 0.188. The largest absolute Gasteiger partial charge is 0.478 e. The highest BCUT2D eigenvalue weighted by Crippen LogP contribution is 2.27. The third-order valence-electron chi connectivity index (χ3n) is 6.92. The summed E-state index contributed by atoms with van der Waals surface area (Å²) in [6.45, 7) is 2.31. The topological polar surface area (TPSA) is 124 Å². The third kappa shape index (κ3) is 6.52. The van der Waals surface area contributed by atoms with E-state index in [4.69, 9.17) is 9.47 Å². The highest BCUT2D eigenvalue weighted by atomic mass is 19.1. The van der Waals surface area contributed by atoms with Gasteiger partial charge in [-0.1, -0.05) is 24.3 Å². The molecule has 9 nitrogen and oxygen atoms in total. The highest BCUT2D eigenvalue weighted by Gasteiger charge is 2.17. The van der Waals surface area contributed by atoms with Crippen molar-refractivity contribution in [1.82, 2.24) is 14.5 Å². The van der Waals surface area contributed by atoms with Gasteiger partial charge >= 0.3 is 11.9 Å². The molecule has 3 aromatic carbocycles. The van der Waals surface area contributed by atoms with Crippen molar-refractivity contribution >= 4 is 23.0 Å². The number of fused-ring (bicyclic) bond motifs is 1. The molecule has 0 atom stereocenters. The zero-order chi connectivity index (χ0) is 30.7. The number of carboxylic acids is 2. The van der Waals surface area contributed by atoms with Crippen LogP contribution < -0.4 is 4.74 Å². The standard InChI is InChI=1S/C32H27F2N3O6/c1-18-3-4-22(24(33)11-18)17-43-30-16-23(32(40)41)13-27(36-30)20-6-5-19(25(34)12-20)15-29-35-26-8-7-21(31(38)39)14-28(26)37(29)9-10-42-2/h3-8,11-14,16H,9-10,15,17H2,1-2H3,(H,38,39)(H,40,41). The van der Waals surface area contributed by atoms with Gasteiger partial charge in [0.05, 0.1) is 34.5 Å². The number of carboxylic acid groups (broad SMARTS) is 2. The Morgan fingerprint density at radius 1 is 0.860 bits per heavy atom. The van der Waals surface area contributed by atoms with Crippen molar-refractivity contribution in [2.45, 2.75) is 26.5 Å². The summed E-state index contributed by atoms with van der Waals surface area (Å²) in [4.78, 5) is 32.3. The van der Waals surface area contributed by atoms with Gasteiger partial charge in [0, 0.05) is 37.3 Å². The number of halogens is 2. The van der Waals surface area contributed by atoms with Crippen LogP contribution in [0.15, 0.2) is 66.7 Å². The fourth-order valence-corrected chi connectivity index (χ4v) is 4.66. The van der Waals surface area contributed by atoms with Crippen molar-refractivity contribution in [1.29, 1.82) is 0 Å². The molecule has 2 N–H and O–H groups in total. The van der Waals surface area contributed by atoms with Gasteiger partial charge in [-0.2, -0.15) is 0 Å². The first-order chi connectivity index (χ1) is 20.6. The molecule has 0 aliphatic heterocycles. The summed E-state index contributed by atoms with van der Waals surface area (Å²) in [5.74, 6) is -2.85. The number of aromatic carboxylic acids is 2. The van der Waals surface area contributed by atoms with Crippen molar-refractivity contribution in [2.24, 2.45) is 0 Å². The van der Waals surface area contributed by atoms with E-state index >= 15 is 4.39 Å². The van der Waals surface area contributed by atoms with Crippen LogP contribution >= 0.6 is 0 Å². The smallest absolute Gasteiger partial charge is 0.335 e. The molecule has 5 rings (SSSR count). The minimum atomic E-state index is -1.23. The van der Waals surface area contributed by atoms with Gasteiger partial charge in [0.25, 0.3) is 0 Å². The van der Waals surface area contributed by atoms with Crippen LogP contribution in [-0.4, -0.2) is 50.4 Å². The SMILES string of the molecule is COCCn1c(Cc2ccc(-c3cc(C(=O)O)cc(OCc4ccc(C)cc4F)n3)cc2F)nc2ccc(C(=O)O)cc21. The van der Waals surface area contributed by atoms with Gasteiger partial charge in [0.1, 0.15) is 24.1 Å². The predicted molar refractivity (Wildman–Crippen MR) is 153 cm³/mol. The lowest BCUT2D eigenvalue weighted by Gasteiger charge is -2.12. The van der Waals surface area contributed by atoms with E-state index in [0.29, 0.717) is 41.1 Å². The van der Waals surface area contributed by atoms with E-state index in [0.717, 1.165) is 5.56 Å². The van der Waals surface area contributed by atoms with E-state index < -0.39 is 23.6 Å². The van der Waals surface area contributed by atoms with Crippen molar-refractivity contribution in [3.63, 3.8) is 0 Å². The second kappa shape index (κ2) is 12.4. The van der Waals surface area contributed by atoms with Crippen LogP contribution in [-0.2, 0) is 24.3 Å². The van der Waals surface area contributed by atoms with Gasteiger partial charge in [-0.05, 0) is 54.4 Å². The average molecular weight is 588 g/mol. The van der Waals surface area contributed by atoms with Crippen LogP contribution in [0.3, 0.4) is 0 Å². The van der Waals surface area contributed by atoms with Crippen molar-refractivity contribution in [2.75, 3.05) is 13.7 Å². The summed E-state index contributed by atoms with van der Waals surface area (Å²) in [5, 5.41) is 19.0. The summed E-state index contributed by atoms with van der Waals surface area (Å²) in [5.41, 5.74) is 2.97. The molecule has 0 aliphatic carbocycles. The normalized spacial score (nSPS) is 11.2. The molecular formula is C32H27F2N3O6. The van der Waals surface area contributed by atoms with Crippen molar-refractivity contribution < 1.29 is 38.1 Å². The zero-order valence-electron chi connectivity index (χ0n) is 23.3. The number of rotatable bonds is 11. The first kappa shape index (κ1) is 29.3. The number of carbonyl (C=O) groups is 2. The minimum absolute atomic E-state index is 0.0491. The molecule has 0 fully saturated rings. The number of pyridine rings is 1. The van der Waals surface area contributed by atoms with Crippen LogP contribution in [0.1, 0.15) is 43.2 Å². The lowest BCUT2D eigenvalue weighted by atomic mass is 10.0. The van der Waals surface area contributed by atoms with E-state index in [1.807, 2.05) is 0 Å². The Kier molecular flexibility index (Phi) is 8.44. The van der Waals surface area contributed by atoms with Crippen LogP contribution in [0.25, 0.3) is 22.3 Å². The molecule has 11 heteroatoms. The van der Waals surface area contributed by atoms with E-state index in [1.165, 1.54) is 36.4 Å². The molecule has 0 aliphatic rings. The molecule has 0 saturated carbocycles. The first-order valence-corrected chi connectivity index (χ1v) is 13.3. The molecular weight excluding hydrogens is 560 g/mol. The maximum absolute atomic E-state index is 15.5. The number of hydrogen-bond donors (Lipinski definition) is 2. The second-order valence-corrected chi connectivity index (χ2v) is 9.93. The summed E-state index contributed by atoms with van der Waals surface area (Å²) in [7, 11) is 1.55. The maximum atomic E-state index is 15.5. The Balaban J connectivity index is 1.44. The van der Waals surface area contributed by atoms with E-state index in [1.54, 1.807) is 48.9 Å². The molecule has 0 unspecified atom stereocenters. The Hall–Kier alpha value is -5.16. The number of imidazole rings is 1.